The number of nitrogens with two attached hydrogens (primary N) is 2. The third-order valence-electron chi connectivity index (χ3n) is 1.84. The van der Waals surface area contributed by atoms with Crippen molar-refractivity contribution in [2.75, 3.05) is 5.73 Å². The van der Waals surface area contributed by atoms with Gasteiger partial charge in [-0.1, -0.05) is 11.3 Å². The average Bonchev–Trinajstić information content (AvgIpc) is 2.82. The minimum absolute atomic E-state index is 0.140. The largest absolute Gasteiger partial charge is 0.366 e. The molecule has 8 heteroatoms. The van der Waals surface area contributed by atoms with Crippen LogP contribution in [0, 0.1) is 11.3 Å². The molecule has 0 aliphatic rings. The molecule has 0 radical (unpaired) electrons. The lowest BCUT2D eigenvalue weighted by molar-refractivity contribution is 0.688. The molecule has 2 aromatic heterocycles. The Balaban J connectivity index is 2.51. The van der Waals surface area contributed by atoms with E-state index < -0.39 is 0 Å². The van der Waals surface area contributed by atoms with Crippen molar-refractivity contribution in [3.8, 4) is 11.2 Å². The van der Waals surface area contributed by atoms with Gasteiger partial charge in [0.25, 0.3) is 0 Å². The fourth-order valence-corrected chi connectivity index (χ4v) is 1.86. The lowest BCUT2D eigenvalue weighted by Crippen LogP contribution is -2.13. The monoisotopic (exact) mass is 235 g/mol. The summed E-state index contributed by atoms with van der Waals surface area (Å²) in [6, 6.07) is 1.70. The van der Waals surface area contributed by atoms with Gasteiger partial charge in [0.05, 0.1) is 12.2 Å². The summed E-state index contributed by atoms with van der Waals surface area (Å²) in [6.07, 6.45) is 1.48. The maximum Gasteiger partial charge on any atom is 0.240 e. The van der Waals surface area contributed by atoms with Crippen LogP contribution in [0.1, 0.15) is 23.7 Å². The molecule has 0 aromatic carbocycles. The molecule has 0 saturated carbocycles. The molecule has 0 amide bonds. The molecule has 0 unspecified atom stereocenters. The Morgan fingerprint density at radius 2 is 2.38 bits per heavy atom. The molecule has 0 aliphatic heterocycles. The van der Waals surface area contributed by atoms with Crippen LogP contribution in [0.4, 0.5) is 5.95 Å². The van der Waals surface area contributed by atoms with Gasteiger partial charge in [0.1, 0.15) is 10.9 Å². The Morgan fingerprint density at radius 3 is 2.94 bits per heavy atom. The maximum atomic E-state index is 8.71. The van der Waals surface area contributed by atoms with Crippen LogP contribution in [-0.2, 0) is 0 Å². The van der Waals surface area contributed by atoms with E-state index in [1.165, 1.54) is 22.2 Å². The molecule has 4 N–H and O–H groups in total. The van der Waals surface area contributed by atoms with E-state index in [1.54, 1.807) is 6.92 Å². The Kier molecular flexibility index (Phi) is 2.55. The number of rotatable bonds is 2. The van der Waals surface area contributed by atoms with E-state index in [9.17, 15) is 0 Å². The zero-order chi connectivity index (χ0) is 11.7. The van der Waals surface area contributed by atoms with E-state index in [2.05, 4.69) is 15.1 Å². The predicted molar refractivity (Wildman–Crippen MR) is 58.8 cm³/mol. The van der Waals surface area contributed by atoms with Crippen LogP contribution in [0.5, 0.6) is 0 Å². The van der Waals surface area contributed by atoms with Crippen molar-refractivity contribution in [2.45, 2.75) is 13.0 Å². The summed E-state index contributed by atoms with van der Waals surface area (Å²) in [5.41, 5.74) is 11.2. The Hall–Kier alpha value is -1.98. The van der Waals surface area contributed by atoms with Gasteiger partial charge in [-0.05, 0) is 6.92 Å². The quantitative estimate of drug-likeness (QED) is 0.767. The number of hydrogen-bond donors (Lipinski definition) is 2. The van der Waals surface area contributed by atoms with Gasteiger partial charge >= 0.3 is 0 Å². The molecule has 82 valence electrons. The fourth-order valence-electron chi connectivity index (χ4n) is 1.19. The van der Waals surface area contributed by atoms with Crippen molar-refractivity contribution in [2.24, 2.45) is 5.73 Å². The molecule has 0 saturated heterocycles. The summed E-state index contributed by atoms with van der Waals surface area (Å²) in [5, 5.41) is 13.2. The number of nitriles is 1. The minimum Gasteiger partial charge on any atom is -0.366 e. The van der Waals surface area contributed by atoms with Crippen LogP contribution < -0.4 is 11.5 Å². The van der Waals surface area contributed by atoms with Crippen molar-refractivity contribution in [3.63, 3.8) is 0 Å². The van der Waals surface area contributed by atoms with Crippen LogP contribution in [0.25, 0.3) is 5.13 Å². The van der Waals surface area contributed by atoms with Gasteiger partial charge in [0.2, 0.25) is 11.1 Å². The minimum atomic E-state index is -0.306. The highest BCUT2D eigenvalue weighted by atomic mass is 32.1. The van der Waals surface area contributed by atoms with Crippen LogP contribution in [0.2, 0.25) is 0 Å². The maximum absolute atomic E-state index is 8.71. The molecular formula is C8H9N7S. The third kappa shape index (κ3) is 1.73. The number of anilines is 1. The van der Waals surface area contributed by atoms with Gasteiger partial charge in [-0.2, -0.15) is 14.9 Å². The van der Waals surface area contributed by atoms with E-state index in [1.807, 2.05) is 6.07 Å². The van der Waals surface area contributed by atoms with Crippen molar-refractivity contribution < 1.29 is 0 Å². The summed E-state index contributed by atoms with van der Waals surface area (Å²) in [6.45, 7) is 1.78. The first-order valence-electron chi connectivity index (χ1n) is 4.46. The zero-order valence-electron chi connectivity index (χ0n) is 8.45. The van der Waals surface area contributed by atoms with Gasteiger partial charge in [-0.25, -0.2) is 4.98 Å². The molecular weight excluding hydrogens is 226 g/mol. The molecule has 0 spiro atoms. The number of aromatic nitrogens is 4. The first-order valence-corrected chi connectivity index (χ1v) is 5.27. The van der Waals surface area contributed by atoms with Crippen LogP contribution in [0.3, 0.4) is 0 Å². The summed E-state index contributed by atoms with van der Waals surface area (Å²) >= 11 is 1.21. The smallest absolute Gasteiger partial charge is 0.240 e. The van der Waals surface area contributed by atoms with Gasteiger partial charge in [-0.15, -0.1) is 5.10 Å². The molecule has 1 atom stereocenters. The van der Waals surface area contributed by atoms with E-state index in [0.717, 1.165) is 0 Å². The van der Waals surface area contributed by atoms with Crippen LogP contribution >= 0.6 is 11.3 Å². The number of hydrogen-bond acceptors (Lipinski definition) is 7. The van der Waals surface area contributed by atoms with Crippen LogP contribution in [-0.4, -0.2) is 19.7 Å². The number of nitrogen functional groups attached to an aromatic ring is 1. The van der Waals surface area contributed by atoms with Gasteiger partial charge in [-0.3, -0.25) is 0 Å². The zero-order valence-corrected chi connectivity index (χ0v) is 9.27. The van der Waals surface area contributed by atoms with Crippen molar-refractivity contribution in [1.82, 2.24) is 19.7 Å². The Morgan fingerprint density at radius 1 is 1.62 bits per heavy atom. The molecule has 0 bridgehead atoms. The summed E-state index contributed by atoms with van der Waals surface area (Å²) in [4.78, 5) is 8.57. The molecule has 0 fully saturated rings. The second kappa shape index (κ2) is 3.88. The lowest BCUT2D eigenvalue weighted by Gasteiger charge is -2.03. The van der Waals surface area contributed by atoms with E-state index >= 15 is 0 Å². The van der Waals surface area contributed by atoms with Crippen molar-refractivity contribution in [1.29, 1.82) is 5.26 Å². The topological polar surface area (TPSA) is 119 Å². The molecule has 2 rings (SSSR count). The van der Waals surface area contributed by atoms with Crippen molar-refractivity contribution >= 4 is 17.3 Å². The summed E-state index contributed by atoms with van der Waals surface area (Å²) in [5.74, 6) is 0.664. The number of nitrogens with zero attached hydrogens (tertiary/aromatic N) is 5. The van der Waals surface area contributed by atoms with Gasteiger partial charge < -0.3 is 11.5 Å². The first-order chi connectivity index (χ1) is 7.61. The first kappa shape index (κ1) is 10.5. The molecule has 16 heavy (non-hydrogen) atoms. The van der Waals surface area contributed by atoms with E-state index in [4.69, 9.17) is 16.7 Å². The van der Waals surface area contributed by atoms with E-state index in [0.29, 0.717) is 15.8 Å². The molecule has 2 aromatic rings. The third-order valence-corrected chi connectivity index (χ3v) is 2.72. The van der Waals surface area contributed by atoms with Gasteiger partial charge in [0, 0.05) is 0 Å². The van der Waals surface area contributed by atoms with E-state index in [-0.39, 0.29) is 12.0 Å². The second-order valence-corrected chi connectivity index (χ2v) is 4.16. The average molecular weight is 235 g/mol. The highest BCUT2D eigenvalue weighted by molar-refractivity contribution is 7.14. The lowest BCUT2D eigenvalue weighted by atomic mass is 10.3. The second-order valence-electron chi connectivity index (χ2n) is 3.15. The molecule has 2 heterocycles. The fraction of sp³-hybridized carbons (Fsp3) is 0.250. The normalized spacial score (nSPS) is 12.3. The standard InChI is InChI=1S/C8H9N7S/c1-4(10)6-13-7(11)14-15(6)8-12-3-5(2-9)16-8/h3-4H,10H2,1H3,(H2,11,14)/t4-/m0/s1. The highest BCUT2D eigenvalue weighted by Gasteiger charge is 2.15. The highest BCUT2D eigenvalue weighted by Crippen LogP contribution is 2.19. The predicted octanol–water partition coefficient (Wildman–Crippen LogP) is 0.197. The molecule has 7 nitrogen and oxygen atoms in total. The number of thiazole rings is 1. The van der Waals surface area contributed by atoms with Crippen LogP contribution in [0.15, 0.2) is 6.20 Å². The van der Waals surface area contributed by atoms with Gasteiger partial charge in [0.15, 0.2) is 5.82 Å². The summed E-state index contributed by atoms with van der Waals surface area (Å²) < 4.78 is 1.46. The van der Waals surface area contributed by atoms with Crippen molar-refractivity contribution in [3.05, 3.63) is 16.9 Å². The summed E-state index contributed by atoms with van der Waals surface area (Å²) in [7, 11) is 0. The SMILES string of the molecule is C[C@H](N)c1nc(N)nn1-c1ncc(C#N)s1. The Labute approximate surface area is 95.3 Å². The Bertz CT molecular complexity index is 547. The molecule has 0 aliphatic carbocycles.